The Morgan fingerprint density at radius 1 is 0.727 bits per heavy atom. The molecule has 0 amide bonds. The smallest absolute Gasteiger partial charge is 0.403 e. The zero-order chi connectivity index (χ0) is 24.2. The Bertz CT molecular complexity index is 1000. The van der Waals surface area contributed by atoms with E-state index >= 15 is 0 Å². The van der Waals surface area contributed by atoms with Gasteiger partial charge in [0.25, 0.3) is 0 Å². The molecule has 4 rings (SSSR count). The van der Waals surface area contributed by atoms with E-state index in [-0.39, 0.29) is 29.6 Å². The van der Waals surface area contributed by atoms with E-state index in [9.17, 15) is 0 Å². The van der Waals surface area contributed by atoms with Gasteiger partial charge in [0, 0.05) is 11.2 Å². The lowest BCUT2D eigenvalue weighted by Crippen LogP contribution is -2.41. The standard InChI is InChI=1S/C30H43BO2/c1-10-20(5)21-14-16-23-24-17-15-22(19-26(24)30(12-3,13-4)25(23)18-21)27(11-2)31-32-28(6,7)29(8,9)33-31/h14-20,27H,10-13H2,1-9H3. The van der Waals surface area contributed by atoms with Crippen LogP contribution in [0.3, 0.4) is 0 Å². The third-order valence-corrected chi connectivity index (χ3v) is 9.27. The lowest BCUT2D eigenvalue weighted by molar-refractivity contribution is 0.00578. The molecule has 33 heavy (non-hydrogen) atoms. The average Bonchev–Trinajstić information content (AvgIpc) is 3.19. The molecule has 3 heteroatoms. The summed E-state index contributed by atoms with van der Waals surface area (Å²) in [6.45, 7) is 20.2. The van der Waals surface area contributed by atoms with E-state index in [1.165, 1.54) is 39.8 Å². The van der Waals surface area contributed by atoms with Crippen molar-refractivity contribution < 1.29 is 9.31 Å². The molecule has 2 unspecified atom stereocenters. The number of hydrogen-bond donors (Lipinski definition) is 0. The highest BCUT2D eigenvalue weighted by atomic mass is 16.7. The Hall–Kier alpha value is -1.58. The second-order valence-electron chi connectivity index (χ2n) is 11.3. The van der Waals surface area contributed by atoms with Crippen LogP contribution in [0.15, 0.2) is 36.4 Å². The van der Waals surface area contributed by atoms with Gasteiger partial charge in [0.1, 0.15) is 0 Å². The van der Waals surface area contributed by atoms with Crippen LogP contribution < -0.4 is 0 Å². The summed E-state index contributed by atoms with van der Waals surface area (Å²) in [7, 11) is -0.212. The van der Waals surface area contributed by atoms with Crippen molar-refractivity contribution in [2.24, 2.45) is 0 Å². The molecule has 0 radical (unpaired) electrons. The van der Waals surface area contributed by atoms with Crippen LogP contribution in [0.1, 0.15) is 122 Å². The predicted molar refractivity (Wildman–Crippen MR) is 141 cm³/mol. The Morgan fingerprint density at radius 2 is 1.21 bits per heavy atom. The quantitative estimate of drug-likeness (QED) is 0.398. The summed E-state index contributed by atoms with van der Waals surface area (Å²) in [5.74, 6) is 0.816. The van der Waals surface area contributed by atoms with Gasteiger partial charge in [-0.3, -0.25) is 0 Å². The van der Waals surface area contributed by atoms with E-state index < -0.39 is 0 Å². The average molecular weight is 446 g/mol. The van der Waals surface area contributed by atoms with E-state index in [2.05, 4.69) is 98.7 Å². The molecule has 1 aliphatic carbocycles. The Labute approximate surface area is 202 Å². The molecule has 178 valence electrons. The molecular formula is C30H43BO2. The van der Waals surface area contributed by atoms with Crippen LogP contribution in [-0.2, 0) is 14.7 Å². The molecule has 1 aliphatic heterocycles. The summed E-state index contributed by atoms with van der Waals surface area (Å²) in [6, 6.07) is 14.4. The highest BCUT2D eigenvalue weighted by molar-refractivity contribution is 6.47. The van der Waals surface area contributed by atoms with Crippen LogP contribution in [0.2, 0.25) is 0 Å². The van der Waals surface area contributed by atoms with Crippen molar-refractivity contribution in [2.45, 2.75) is 116 Å². The molecule has 0 spiro atoms. The second kappa shape index (κ2) is 8.58. The molecule has 0 bridgehead atoms. The van der Waals surface area contributed by atoms with Crippen molar-refractivity contribution in [3.8, 4) is 11.1 Å². The van der Waals surface area contributed by atoms with Gasteiger partial charge in [0.2, 0.25) is 0 Å². The first kappa shape index (κ1) is 24.5. The number of benzene rings is 2. The molecule has 2 nitrogen and oxygen atoms in total. The summed E-state index contributed by atoms with van der Waals surface area (Å²) < 4.78 is 13.0. The fourth-order valence-electron chi connectivity index (χ4n) is 5.95. The highest BCUT2D eigenvalue weighted by Crippen LogP contribution is 2.54. The third-order valence-electron chi connectivity index (χ3n) is 9.27. The maximum atomic E-state index is 6.49. The van der Waals surface area contributed by atoms with Crippen LogP contribution in [0.4, 0.5) is 0 Å². The van der Waals surface area contributed by atoms with Crippen molar-refractivity contribution in [2.75, 3.05) is 0 Å². The van der Waals surface area contributed by atoms with Gasteiger partial charge in [-0.2, -0.15) is 0 Å². The van der Waals surface area contributed by atoms with Crippen molar-refractivity contribution >= 4 is 7.12 Å². The molecule has 1 fully saturated rings. The fourth-order valence-corrected chi connectivity index (χ4v) is 5.95. The minimum absolute atomic E-state index is 0.0817. The zero-order valence-corrected chi connectivity index (χ0v) is 22.3. The lowest BCUT2D eigenvalue weighted by Gasteiger charge is -2.32. The maximum absolute atomic E-state index is 6.49. The van der Waals surface area contributed by atoms with Gasteiger partial charge in [-0.1, -0.05) is 77.4 Å². The maximum Gasteiger partial charge on any atom is 0.465 e. The number of hydrogen-bond acceptors (Lipinski definition) is 2. The van der Waals surface area contributed by atoms with Crippen LogP contribution in [0, 0.1) is 0 Å². The third kappa shape index (κ3) is 3.71. The summed E-state index contributed by atoms with van der Waals surface area (Å²) in [6.07, 6.45) is 4.40. The van der Waals surface area contributed by atoms with E-state index in [4.69, 9.17) is 9.31 Å². The van der Waals surface area contributed by atoms with Crippen molar-refractivity contribution in [3.63, 3.8) is 0 Å². The van der Waals surface area contributed by atoms with Gasteiger partial charge in [-0.05, 0) is 86.3 Å². The Balaban J connectivity index is 1.79. The first-order valence-corrected chi connectivity index (χ1v) is 13.2. The van der Waals surface area contributed by atoms with E-state index in [1.807, 2.05) is 0 Å². The van der Waals surface area contributed by atoms with Crippen LogP contribution in [0.25, 0.3) is 11.1 Å². The number of rotatable bonds is 7. The normalized spacial score (nSPS) is 21.5. The summed E-state index contributed by atoms with van der Waals surface area (Å²) in [5.41, 5.74) is 8.15. The van der Waals surface area contributed by atoms with Gasteiger partial charge in [-0.15, -0.1) is 0 Å². The van der Waals surface area contributed by atoms with Crippen LogP contribution in [-0.4, -0.2) is 18.3 Å². The van der Waals surface area contributed by atoms with Gasteiger partial charge in [0.15, 0.2) is 0 Å². The van der Waals surface area contributed by atoms with E-state index in [1.54, 1.807) is 0 Å². The van der Waals surface area contributed by atoms with Crippen LogP contribution >= 0.6 is 0 Å². The molecule has 2 aliphatic rings. The summed E-state index contributed by atoms with van der Waals surface area (Å²) in [4.78, 5) is 0. The molecule has 2 aromatic rings. The van der Waals surface area contributed by atoms with Gasteiger partial charge >= 0.3 is 7.12 Å². The Morgan fingerprint density at radius 3 is 1.67 bits per heavy atom. The second-order valence-corrected chi connectivity index (χ2v) is 11.3. The van der Waals surface area contributed by atoms with Crippen molar-refractivity contribution in [1.29, 1.82) is 0 Å². The highest BCUT2D eigenvalue weighted by Gasteiger charge is 2.54. The SMILES string of the molecule is CCC(C)c1ccc2c(c1)C(CC)(CC)c1cc(C(CC)B3OC(C)(C)C(C)(C)O3)ccc1-2. The van der Waals surface area contributed by atoms with Gasteiger partial charge in [0.05, 0.1) is 11.2 Å². The molecule has 0 N–H and O–H groups in total. The summed E-state index contributed by atoms with van der Waals surface area (Å²) >= 11 is 0. The first-order valence-electron chi connectivity index (χ1n) is 13.2. The molecule has 1 heterocycles. The van der Waals surface area contributed by atoms with Crippen molar-refractivity contribution in [1.82, 2.24) is 0 Å². The van der Waals surface area contributed by atoms with Gasteiger partial charge in [-0.25, -0.2) is 0 Å². The molecule has 0 saturated carbocycles. The lowest BCUT2D eigenvalue weighted by atomic mass is 9.65. The van der Waals surface area contributed by atoms with E-state index in [0.29, 0.717) is 5.92 Å². The van der Waals surface area contributed by atoms with E-state index in [0.717, 1.165) is 19.3 Å². The molecule has 0 aromatic heterocycles. The fraction of sp³-hybridized carbons (Fsp3) is 0.600. The molecule has 2 atom stereocenters. The predicted octanol–water partition coefficient (Wildman–Crippen LogP) is 8.41. The molecule has 1 saturated heterocycles. The topological polar surface area (TPSA) is 18.5 Å². The minimum Gasteiger partial charge on any atom is -0.403 e. The monoisotopic (exact) mass is 446 g/mol. The molecule has 2 aromatic carbocycles. The first-order chi connectivity index (χ1) is 15.5. The largest absolute Gasteiger partial charge is 0.465 e. The van der Waals surface area contributed by atoms with Crippen molar-refractivity contribution in [3.05, 3.63) is 58.7 Å². The zero-order valence-electron chi connectivity index (χ0n) is 22.3. The summed E-state index contributed by atoms with van der Waals surface area (Å²) in [5, 5.41) is 0. The molecular weight excluding hydrogens is 403 g/mol. The minimum atomic E-state index is -0.305. The van der Waals surface area contributed by atoms with Crippen LogP contribution in [0.5, 0.6) is 0 Å². The number of fused-ring (bicyclic) bond motifs is 3. The van der Waals surface area contributed by atoms with Gasteiger partial charge < -0.3 is 9.31 Å². The Kier molecular flexibility index (Phi) is 6.38.